The zero-order chi connectivity index (χ0) is 15.3. The molecule has 1 spiro atoms. The van der Waals surface area contributed by atoms with Crippen LogP contribution in [0.5, 0.6) is 0 Å². The van der Waals surface area contributed by atoms with Crippen LogP contribution in [0.3, 0.4) is 0 Å². The molecule has 1 N–H and O–H groups in total. The maximum absolute atomic E-state index is 11.8. The van der Waals surface area contributed by atoms with Crippen molar-refractivity contribution in [3.05, 3.63) is 11.6 Å². The third-order valence-corrected chi connectivity index (χ3v) is 8.72. The fourth-order valence-electron chi connectivity index (χ4n) is 7.85. The second-order valence-corrected chi connectivity index (χ2v) is 9.35. The lowest BCUT2D eigenvalue weighted by molar-refractivity contribution is -0.118. The van der Waals surface area contributed by atoms with E-state index in [2.05, 4.69) is 13.8 Å². The minimum Gasteiger partial charge on any atom is -0.393 e. The Morgan fingerprint density at radius 3 is 2.95 bits per heavy atom. The van der Waals surface area contributed by atoms with Gasteiger partial charge in [-0.15, -0.1) is 0 Å². The summed E-state index contributed by atoms with van der Waals surface area (Å²) in [6.45, 7) is 4.82. The van der Waals surface area contributed by atoms with E-state index in [-0.39, 0.29) is 11.5 Å². The molecule has 22 heavy (non-hydrogen) atoms. The lowest BCUT2D eigenvalue weighted by Crippen LogP contribution is -2.53. The molecule has 0 aliphatic heterocycles. The topological polar surface area (TPSA) is 37.3 Å². The van der Waals surface area contributed by atoms with Gasteiger partial charge in [-0.3, -0.25) is 4.79 Å². The highest BCUT2D eigenvalue weighted by Crippen LogP contribution is 2.82. The summed E-state index contributed by atoms with van der Waals surface area (Å²) in [5, 5.41) is 10.7. The van der Waals surface area contributed by atoms with Gasteiger partial charge in [0.15, 0.2) is 5.78 Å². The van der Waals surface area contributed by atoms with Gasteiger partial charge in [-0.25, -0.2) is 0 Å². The van der Waals surface area contributed by atoms with Gasteiger partial charge in [0.25, 0.3) is 0 Å². The van der Waals surface area contributed by atoms with Crippen molar-refractivity contribution in [1.29, 1.82) is 0 Å². The van der Waals surface area contributed by atoms with E-state index in [1.165, 1.54) is 24.8 Å². The van der Waals surface area contributed by atoms with Crippen LogP contribution in [0, 0.1) is 40.4 Å². The molecule has 0 heterocycles. The second kappa shape index (κ2) is 4.06. The van der Waals surface area contributed by atoms with Gasteiger partial charge in [0.1, 0.15) is 0 Å². The van der Waals surface area contributed by atoms with E-state index in [9.17, 15) is 9.90 Å². The molecule has 120 valence electrons. The first-order chi connectivity index (χ1) is 10.5. The van der Waals surface area contributed by atoms with E-state index < -0.39 is 0 Å². The number of hydrogen-bond donors (Lipinski definition) is 1. The number of aliphatic hydroxyl groups is 1. The number of rotatable bonds is 0. The smallest absolute Gasteiger partial charge is 0.155 e. The van der Waals surface area contributed by atoms with Crippen molar-refractivity contribution in [3.8, 4) is 0 Å². The molecule has 5 aliphatic rings. The van der Waals surface area contributed by atoms with Crippen LogP contribution in [0.4, 0.5) is 0 Å². The number of carbonyl (C=O) groups excluding carboxylic acids is 1. The summed E-state index contributed by atoms with van der Waals surface area (Å²) < 4.78 is 0. The summed E-state index contributed by atoms with van der Waals surface area (Å²) in [5.41, 5.74) is 2.10. The first kappa shape index (κ1) is 13.8. The molecule has 2 heteroatoms. The van der Waals surface area contributed by atoms with E-state index in [1.807, 2.05) is 6.08 Å². The third kappa shape index (κ3) is 1.40. The highest BCUT2D eigenvalue weighted by atomic mass is 16.3. The molecule has 5 rings (SSSR count). The lowest BCUT2D eigenvalue weighted by Gasteiger charge is -2.57. The van der Waals surface area contributed by atoms with Crippen LogP contribution < -0.4 is 0 Å². The number of carbonyl (C=O) groups is 1. The monoisotopic (exact) mass is 300 g/mol. The van der Waals surface area contributed by atoms with Gasteiger partial charge in [0, 0.05) is 6.42 Å². The summed E-state index contributed by atoms with van der Waals surface area (Å²) >= 11 is 0. The van der Waals surface area contributed by atoms with Crippen molar-refractivity contribution in [1.82, 2.24) is 0 Å². The second-order valence-electron chi connectivity index (χ2n) is 9.35. The number of fused-ring (bicyclic) bond motifs is 3. The molecule has 8 atom stereocenters. The number of ketones is 1. The van der Waals surface area contributed by atoms with Gasteiger partial charge in [0.05, 0.1) is 6.10 Å². The van der Waals surface area contributed by atoms with E-state index in [0.29, 0.717) is 23.0 Å². The van der Waals surface area contributed by atoms with Crippen molar-refractivity contribution in [3.63, 3.8) is 0 Å². The fourth-order valence-corrected chi connectivity index (χ4v) is 7.85. The van der Waals surface area contributed by atoms with Gasteiger partial charge in [-0.1, -0.05) is 19.4 Å². The van der Waals surface area contributed by atoms with Crippen LogP contribution in [0.2, 0.25) is 0 Å². The van der Waals surface area contributed by atoms with Crippen LogP contribution in [0.15, 0.2) is 11.6 Å². The van der Waals surface area contributed by atoms with Gasteiger partial charge in [-0.05, 0) is 85.0 Å². The number of allylic oxidation sites excluding steroid dienone is 1. The normalized spacial score (nSPS) is 59.0. The van der Waals surface area contributed by atoms with E-state index in [0.717, 1.165) is 43.4 Å². The molecule has 0 saturated heterocycles. The Kier molecular flexibility index (Phi) is 2.54. The first-order valence-corrected chi connectivity index (χ1v) is 9.39. The van der Waals surface area contributed by atoms with Crippen LogP contribution in [-0.2, 0) is 4.79 Å². The quantitative estimate of drug-likeness (QED) is 0.740. The van der Waals surface area contributed by atoms with Crippen molar-refractivity contribution in [2.45, 2.75) is 64.9 Å². The summed E-state index contributed by atoms with van der Waals surface area (Å²) in [5.74, 6) is 4.09. The predicted octanol–water partition coefficient (Wildman–Crippen LogP) is 3.74. The minimum absolute atomic E-state index is 0.0655. The van der Waals surface area contributed by atoms with Crippen LogP contribution in [0.25, 0.3) is 0 Å². The van der Waals surface area contributed by atoms with Gasteiger partial charge in [0.2, 0.25) is 0 Å². The summed E-state index contributed by atoms with van der Waals surface area (Å²) in [7, 11) is 0. The van der Waals surface area contributed by atoms with Crippen molar-refractivity contribution >= 4 is 5.78 Å². The highest BCUT2D eigenvalue weighted by molar-refractivity contribution is 5.91. The Morgan fingerprint density at radius 1 is 1.32 bits per heavy atom. The molecular weight excluding hydrogens is 272 g/mol. The first-order valence-electron chi connectivity index (χ1n) is 9.39. The standard InChI is InChI=1S/C20H28O2/c1-11-7-12-8-14(21)3-4-15(12)16-5-6-19(2)17(22)9-13-10-20(13,19)18(11)16/h8,11,13,15-18,22H,3-7,9-10H2,1-2H3/t11-,13-,15+,16-,17+,18-,19-,20+/m1/s1. The van der Waals surface area contributed by atoms with Gasteiger partial charge >= 0.3 is 0 Å². The SMILES string of the molecule is C[C@@H]1CC2=CC(=O)CC[C@@H]2[C@H]2CC[C@]3(C)[C@@H](O)C[C@@H]4C[C@@]43[C@@H]21. The molecule has 0 aromatic carbocycles. The average Bonchev–Trinajstić information content (AvgIpc) is 3.11. The van der Waals surface area contributed by atoms with Gasteiger partial charge in [-0.2, -0.15) is 0 Å². The maximum Gasteiger partial charge on any atom is 0.155 e. The van der Waals surface area contributed by atoms with Crippen LogP contribution in [0.1, 0.15) is 58.8 Å². The molecule has 0 aromatic heterocycles. The lowest BCUT2D eigenvalue weighted by atomic mass is 9.47. The Hall–Kier alpha value is -0.630. The summed E-state index contributed by atoms with van der Waals surface area (Å²) in [6.07, 6.45) is 9.83. The van der Waals surface area contributed by atoms with Crippen molar-refractivity contribution in [2.24, 2.45) is 40.4 Å². The molecule has 0 amide bonds. The maximum atomic E-state index is 11.8. The minimum atomic E-state index is -0.0655. The molecular formula is C20H28O2. The van der Waals surface area contributed by atoms with Crippen molar-refractivity contribution < 1.29 is 9.90 Å². The zero-order valence-corrected chi connectivity index (χ0v) is 13.8. The van der Waals surface area contributed by atoms with Crippen molar-refractivity contribution in [2.75, 3.05) is 0 Å². The fraction of sp³-hybridized carbons (Fsp3) is 0.850. The molecule has 2 nitrogen and oxygen atoms in total. The Morgan fingerprint density at radius 2 is 2.14 bits per heavy atom. The Bertz CT molecular complexity index is 578. The van der Waals surface area contributed by atoms with E-state index in [1.54, 1.807) is 0 Å². The zero-order valence-electron chi connectivity index (χ0n) is 13.8. The molecule has 4 fully saturated rings. The van der Waals surface area contributed by atoms with E-state index >= 15 is 0 Å². The largest absolute Gasteiger partial charge is 0.393 e. The summed E-state index contributed by atoms with van der Waals surface area (Å²) in [6, 6.07) is 0. The number of aliphatic hydroxyl groups excluding tert-OH is 1. The molecule has 0 aromatic rings. The van der Waals surface area contributed by atoms with Crippen LogP contribution >= 0.6 is 0 Å². The molecule has 4 saturated carbocycles. The molecule has 0 radical (unpaired) electrons. The Labute approximate surface area is 133 Å². The van der Waals surface area contributed by atoms with E-state index in [4.69, 9.17) is 0 Å². The summed E-state index contributed by atoms with van der Waals surface area (Å²) in [4.78, 5) is 11.8. The predicted molar refractivity (Wildman–Crippen MR) is 85.1 cm³/mol. The number of hydrogen-bond acceptors (Lipinski definition) is 2. The molecule has 0 unspecified atom stereocenters. The Balaban J connectivity index is 1.57. The third-order valence-electron chi connectivity index (χ3n) is 8.72. The molecule has 5 aliphatic carbocycles. The van der Waals surface area contributed by atoms with Crippen LogP contribution in [-0.4, -0.2) is 17.0 Å². The van der Waals surface area contributed by atoms with Gasteiger partial charge < -0.3 is 5.11 Å². The highest BCUT2D eigenvalue weighted by Gasteiger charge is 2.77. The average molecular weight is 300 g/mol. The molecule has 0 bridgehead atoms.